The fraction of sp³-hybridized carbons (Fsp3) is 0.625. The van der Waals surface area contributed by atoms with Crippen LogP contribution in [0.4, 0.5) is 13.2 Å². The van der Waals surface area contributed by atoms with Crippen LogP contribution in [-0.2, 0) is 4.74 Å². The van der Waals surface area contributed by atoms with Crippen molar-refractivity contribution in [2.75, 3.05) is 33.4 Å². The van der Waals surface area contributed by atoms with Gasteiger partial charge in [-0.2, -0.15) is 13.2 Å². The van der Waals surface area contributed by atoms with E-state index >= 15 is 0 Å². The number of morpholine rings is 1. The Kier molecular flexibility index (Phi) is 12.1. The highest BCUT2D eigenvalue weighted by atomic mass is 35.5. The Morgan fingerprint density at radius 3 is 1.91 bits per heavy atom. The second-order valence-electron chi connectivity index (χ2n) is 4.88. The zero-order valence-corrected chi connectivity index (χ0v) is 14.6. The number of halogens is 4. The maximum absolute atomic E-state index is 12.4. The zero-order chi connectivity index (χ0) is 17.7. The molecule has 0 bridgehead atoms. The third-order valence-electron chi connectivity index (χ3n) is 2.67. The summed E-state index contributed by atoms with van der Waals surface area (Å²) in [6.45, 7) is 8.08. The zero-order valence-electron chi connectivity index (χ0n) is 13.8. The van der Waals surface area contributed by atoms with Gasteiger partial charge in [0.05, 0.1) is 13.2 Å². The summed E-state index contributed by atoms with van der Waals surface area (Å²) >= 11 is 5.57. The van der Waals surface area contributed by atoms with Crippen molar-refractivity contribution in [3.8, 4) is 0 Å². The molecule has 3 nitrogen and oxygen atoms in total. The summed E-state index contributed by atoms with van der Waals surface area (Å²) in [4.78, 5) is 0. The van der Waals surface area contributed by atoms with E-state index < -0.39 is 12.2 Å². The lowest BCUT2D eigenvalue weighted by molar-refractivity contribution is -0.156. The molecule has 0 spiro atoms. The number of ether oxygens (including phenoxy) is 1. The van der Waals surface area contributed by atoms with Crippen molar-refractivity contribution in [3.05, 3.63) is 34.9 Å². The molecule has 0 radical (unpaired) electrons. The maximum atomic E-state index is 12.4. The average Bonchev–Trinajstić information content (AvgIpc) is 2.52. The summed E-state index contributed by atoms with van der Waals surface area (Å²) in [5.74, 6) is 0. The van der Waals surface area contributed by atoms with Crippen molar-refractivity contribution < 1.29 is 17.9 Å². The normalized spacial score (nSPS) is 15.6. The topological polar surface area (TPSA) is 33.3 Å². The lowest BCUT2D eigenvalue weighted by Gasteiger charge is -2.19. The molecular weight excluding hydrogens is 329 g/mol. The lowest BCUT2D eigenvalue weighted by atomic mass is 10.1. The Morgan fingerprint density at radius 1 is 1.17 bits per heavy atom. The molecule has 2 rings (SSSR count). The van der Waals surface area contributed by atoms with Crippen molar-refractivity contribution in [2.45, 2.75) is 32.5 Å². The fourth-order valence-electron chi connectivity index (χ4n) is 1.69. The molecule has 134 valence electrons. The lowest BCUT2D eigenvalue weighted by Crippen LogP contribution is -2.31. The van der Waals surface area contributed by atoms with E-state index in [1.807, 2.05) is 0 Å². The summed E-state index contributed by atoms with van der Waals surface area (Å²) in [6, 6.07) is 3.95. The van der Waals surface area contributed by atoms with Gasteiger partial charge in [0.2, 0.25) is 0 Å². The van der Waals surface area contributed by atoms with Crippen LogP contribution in [0.15, 0.2) is 24.3 Å². The number of rotatable bonds is 2. The van der Waals surface area contributed by atoms with Crippen molar-refractivity contribution in [3.63, 3.8) is 0 Å². The van der Waals surface area contributed by atoms with Crippen molar-refractivity contribution >= 4 is 11.6 Å². The Morgan fingerprint density at radius 2 is 1.65 bits per heavy atom. The summed E-state index contributed by atoms with van der Waals surface area (Å²) in [5, 5.41) is 5.79. The molecule has 1 atom stereocenters. The maximum Gasteiger partial charge on any atom is 0.407 e. The van der Waals surface area contributed by atoms with Crippen LogP contribution < -0.4 is 10.6 Å². The van der Waals surface area contributed by atoms with E-state index in [2.05, 4.69) is 24.5 Å². The van der Waals surface area contributed by atoms with E-state index in [9.17, 15) is 13.2 Å². The number of benzene rings is 1. The first kappa shape index (κ1) is 22.2. The first-order valence-corrected chi connectivity index (χ1v) is 8.02. The molecule has 23 heavy (non-hydrogen) atoms. The minimum Gasteiger partial charge on any atom is -0.379 e. The molecular formula is C16H26ClF3N2O. The predicted octanol–water partition coefficient (Wildman–Crippen LogP) is 4.19. The van der Waals surface area contributed by atoms with Gasteiger partial charge in [0, 0.05) is 18.1 Å². The third-order valence-corrected chi connectivity index (χ3v) is 2.92. The van der Waals surface area contributed by atoms with Gasteiger partial charge in [-0.25, -0.2) is 0 Å². The van der Waals surface area contributed by atoms with Crippen molar-refractivity contribution in [2.24, 2.45) is 0 Å². The number of hydrogen-bond acceptors (Lipinski definition) is 3. The highest BCUT2D eigenvalue weighted by Crippen LogP contribution is 2.32. The minimum atomic E-state index is -4.29. The molecule has 1 aliphatic heterocycles. The first-order chi connectivity index (χ1) is 10.9. The molecule has 1 unspecified atom stereocenters. The molecule has 2 N–H and O–H groups in total. The quantitative estimate of drug-likeness (QED) is 0.835. The van der Waals surface area contributed by atoms with E-state index in [1.54, 1.807) is 0 Å². The second kappa shape index (κ2) is 12.6. The SMILES string of the molecule is C1COCCN1.CCC.CNC(c1ccc(Cl)cc1)C(F)(F)F. The van der Waals surface area contributed by atoms with Gasteiger partial charge < -0.3 is 15.4 Å². The highest BCUT2D eigenvalue weighted by Gasteiger charge is 2.39. The molecule has 0 aromatic heterocycles. The molecule has 1 fully saturated rings. The van der Waals surface area contributed by atoms with Gasteiger partial charge >= 0.3 is 6.18 Å². The van der Waals surface area contributed by atoms with Crippen LogP contribution >= 0.6 is 11.6 Å². The molecule has 0 saturated carbocycles. The van der Waals surface area contributed by atoms with E-state index in [4.69, 9.17) is 16.3 Å². The Labute approximate surface area is 141 Å². The van der Waals surface area contributed by atoms with Crippen LogP contribution in [0, 0.1) is 0 Å². The van der Waals surface area contributed by atoms with Gasteiger partial charge in [-0.3, -0.25) is 0 Å². The molecule has 0 amide bonds. The molecule has 7 heteroatoms. The number of alkyl halides is 3. The molecule has 1 saturated heterocycles. The first-order valence-electron chi connectivity index (χ1n) is 7.64. The van der Waals surface area contributed by atoms with Gasteiger partial charge in [0.25, 0.3) is 0 Å². The standard InChI is InChI=1S/C9H9ClF3N.C4H9NO.C3H8/c1-14-8(9(11,12)13)6-2-4-7(10)5-3-6;1-3-6-4-2-5-1;1-3-2/h2-5,8,14H,1H3;5H,1-4H2;3H2,1-2H3. The van der Waals surface area contributed by atoms with E-state index in [0.29, 0.717) is 5.02 Å². The van der Waals surface area contributed by atoms with Gasteiger partial charge in [0.1, 0.15) is 6.04 Å². The van der Waals surface area contributed by atoms with E-state index in [-0.39, 0.29) is 5.56 Å². The Hall–Kier alpha value is -0.820. The molecule has 1 heterocycles. The van der Waals surface area contributed by atoms with Gasteiger partial charge in [-0.15, -0.1) is 0 Å². The van der Waals surface area contributed by atoms with Crippen LogP contribution in [0.25, 0.3) is 0 Å². The summed E-state index contributed by atoms with van der Waals surface area (Å²) in [7, 11) is 1.27. The van der Waals surface area contributed by atoms with E-state index in [1.165, 1.54) is 37.7 Å². The smallest absolute Gasteiger partial charge is 0.379 e. The second-order valence-corrected chi connectivity index (χ2v) is 5.32. The molecule has 1 aromatic rings. The van der Waals surface area contributed by atoms with Crippen LogP contribution in [0.1, 0.15) is 31.9 Å². The Balaban J connectivity index is 0.000000442. The Bertz CT molecular complexity index is 384. The summed E-state index contributed by atoms with van der Waals surface area (Å²) in [5.41, 5.74) is 0.157. The van der Waals surface area contributed by atoms with Crippen LogP contribution in [0.3, 0.4) is 0 Å². The van der Waals surface area contributed by atoms with Gasteiger partial charge in [0.15, 0.2) is 0 Å². The predicted molar refractivity (Wildman–Crippen MR) is 89.0 cm³/mol. The molecule has 0 aliphatic carbocycles. The largest absolute Gasteiger partial charge is 0.407 e. The van der Waals surface area contributed by atoms with Crippen LogP contribution in [0.5, 0.6) is 0 Å². The third kappa shape index (κ3) is 10.5. The van der Waals surface area contributed by atoms with E-state index in [0.717, 1.165) is 26.3 Å². The monoisotopic (exact) mass is 354 g/mol. The number of nitrogens with one attached hydrogen (secondary N) is 2. The molecule has 1 aliphatic rings. The minimum absolute atomic E-state index is 0.157. The van der Waals surface area contributed by atoms with Crippen molar-refractivity contribution in [1.29, 1.82) is 0 Å². The molecule has 1 aromatic carbocycles. The number of hydrogen-bond donors (Lipinski definition) is 2. The van der Waals surface area contributed by atoms with Crippen LogP contribution in [-0.4, -0.2) is 39.5 Å². The highest BCUT2D eigenvalue weighted by molar-refractivity contribution is 6.30. The summed E-state index contributed by atoms with van der Waals surface area (Å²) in [6.07, 6.45) is -3.04. The van der Waals surface area contributed by atoms with Gasteiger partial charge in [-0.1, -0.05) is 44.0 Å². The average molecular weight is 355 g/mol. The van der Waals surface area contributed by atoms with Crippen LogP contribution in [0.2, 0.25) is 5.02 Å². The van der Waals surface area contributed by atoms with Gasteiger partial charge in [-0.05, 0) is 24.7 Å². The summed E-state index contributed by atoms with van der Waals surface area (Å²) < 4.78 is 42.2. The van der Waals surface area contributed by atoms with Crippen molar-refractivity contribution in [1.82, 2.24) is 10.6 Å². The fourth-order valence-corrected chi connectivity index (χ4v) is 1.82.